The third-order valence-corrected chi connectivity index (χ3v) is 4.70. The van der Waals surface area contributed by atoms with Gasteiger partial charge in [0.1, 0.15) is 0 Å². The highest BCUT2D eigenvalue weighted by Gasteiger charge is 2.11. The maximum atomic E-state index is 12.0. The lowest BCUT2D eigenvalue weighted by atomic mass is 10.1. The lowest BCUT2D eigenvalue weighted by Gasteiger charge is -2.16. The molecular formula is C16H25N3O3S. The maximum absolute atomic E-state index is 12.0. The van der Waals surface area contributed by atoms with E-state index in [-0.39, 0.29) is 17.8 Å². The normalized spacial score (nSPS) is 12.3. The molecule has 3 N–H and O–H groups in total. The van der Waals surface area contributed by atoms with Crippen molar-refractivity contribution in [2.45, 2.75) is 39.7 Å². The van der Waals surface area contributed by atoms with Gasteiger partial charge in [0.05, 0.1) is 11.4 Å². The Morgan fingerprint density at radius 3 is 2.57 bits per heavy atom. The van der Waals surface area contributed by atoms with Crippen LogP contribution in [0.2, 0.25) is 0 Å². The number of aryl methyl sites for hydroxylation is 1. The van der Waals surface area contributed by atoms with Crippen LogP contribution in [0.4, 0.5) is 16.2 Å². The SMILES string of the molecule is C=CCC(CC)NC(=O)Nc1ccc(NS(=O)(=O)CC)c(C)c1. The standard InChI is InChI=1S/C16H25N3O3S/c1-5-8-13(6-2)17-16(20)18-14-9-10-15(12(4)11-14)19-23(21,22)7-3/h5,9-11,13,19H,1,6-8H2,2-4H3,(H2,17,18,20). The third kappa shape index (κ3) is 6.32. The van der Waals surface area contributed by atoms with Gasteiger partial charge < -0.3 is 10.6 Å². The summed E-state index contributed by atoms with van der Waals surface area (Å²) in [6.07, 6.45) is 3.30. The highest BCUT2D eigenvalue weighted by molar-refractivity contribution is 7.92. The number of nitrogens with one attached hydrogen (secondary N) is 3. The van der Waals surface area contributed by atoms with Crippen molar-refractivity contribution in [3.05, 3.63) is 36.4 Å². The molecule has 0 aromatic heterocycles. The molecule has 1 unspecified atom stereocenters. The van der Waals surface area contributed by atoms with E-state index in [1.165, 1.54) is 0 Å². The van der Waals surface area contributed by atoms with Gasteiger partial charge in [-0.25, -0.2) is 13.2 Å². The molecule has 1 atom stereocenters. The van der Waals surface area contributed by atoms with Crippen molar-refractivity contribution in [2.24, 2.45) is 0 Å². The largest absolute Gasteiger partial charge is 0.335 e. The Morgan fingerprint density at radius 2 is 2.04 bits per heavy atom. The second-order valence-electron chi connectivity index (χ2n) is 5.26. The molecule has 0 heterocycles. The molecule has 1 aromatic carbocycles. The summed E-state index contributed by atoms with van der Waals surface area (Å²) < 4.78 is 25.7. The number of carbonyl (C=O) groups excluding carboxylic acids is 1. The number of urea groups is 1. The van der Waals surface area contributed by atoms with Gasteiger partial charge in [-0.2, -0.15) is 0 Å². The second-order valence-corrected chi connectivity index (χ2v) is 7.27. The molecule has 7 heteroatoms. The molecule has 0 aliphatic rings. The number of hydrogen-bond acceptors (Lipinski definition) is 3. The van der Waals surface area contributed by atoms with E-state index < -0.39 is 10.0 Å². The molecule has 0 saturated carbocycles. The minimum Gasteiger partial charge on any atom is -0.335 e. The van der Waals surface area contributed by atoms with Gasteiger partial charge in [0.2, 0.25) is 10.0 Å². The van der Waals surface area contributed by atoms with Crippen molar-refractivity contribution in [3.63, 3.8) is 0 Å². The van der Waals surface area contributed by atoms with Crippen LogP contribution in [0.5, 0.6) is 0 Å². The molecule has 0 aliphatic heterocycles. The van der Waals surface area contributed by atoms with Crippen LogP contribution in [0.25, 0.3) is 0 Å². The number of anilines is 2. The van der Waals surface area contributed by atoms with Crippen molar-refractivity contribution in [1.82, 2.24) is 5.32 Å². The monoisotopic (exact) mass is 339 g/mol. The molecule has 23 heavy (non-hydrogen) atoms. The Hall–Kier alpha value is -2.02. The lowest BCUT2D eigenvalue weighted by molar-refractivity contribution is 0.248. The summed E-state index contributed by atoms with van der Waals surface area (Å²) in [5.74, 6) is 0.0105. The first kappa shape index (κ1) is 19.0. The molecule has 128 valence electrons. The Labute approximate surface area is 138 Å². The van der Waals surface area contributed by atoms with Gasteiger partial charge in [-0.05, 0) is 50.5 Å². The first-order valence-electron chi connectivity index (χ1n) is 7.60. The average Bonchev–Trinajstić information content (AvgIpc) is 2.49. The van der Waals surface area contributed by atoms with E-state index in [9.17, 15) is 13.2 Å². The van der Waals surface area contributed by atoms with E-state index in [1.54, 1.807) is 38.1 Å². The molecule has 0 saturated heterocycles. The average molecular weight is 339 g/mol. The van der Waals surface area contributed by atoms with Crippen LogP contribution >= 0.6 is 0 Å². The fraction of sp³-hybridized carbons (Fsp3) is 0.438. The van der Waals surface area contributed by atoms with Gasteiger partial charge in [-0.1, -0.05) is 13.0 Å². The summed E-state index contributed by atoms with van der Waals surface area (Å²) in [6.45, 7) is 9.02. The van der Waals surface area contributed by atoms with E-state index in [4.69, 9.17) is 0 Å². The molecule has 0 fully saturated rings. The van der Waals surface area contributed by atoms with Crippen LogP contribution in [-0.4, -0.2) is 26.2 Å². The second kappa shape index (κ2) is 8.57. The minimum absolute atomic E-state index is 0.0105. The maximum Gasteiger partial charge on any atom is 0.319 e. The predicted octanol–water partition coefficient (Wildman–Crippen LogP) is 3.23. The van der Waals surface area contributed by atoms with Crippen LogP contribution in [0.1, 0.15) is 32.3 Å². The molecular weight excluding hydrogens is 314 g/mol. The molecule has 0 aliphatic carbocycles. The van der Waals surface area contributed by atoms with Crippen molar-refractivity contribution in [2.75, 3.05) is 15.8 Å². The van der Waals surface area contributed by atoms with Crippen molar-refractivity contribution in [3.8, 4) is 0 Å². The first-order valence-corrected chi connectivity index (χ1v) is 9.26. The fourth-order valence-corrected chi connectivity index (χ4v) is 2.69. The van der Waals surface area contributed by atoms with Crippen molar-refractivity contribution < 1.29 is 13.2 Å². The Bertz CT molecular complexity index is 657. The van der Waals surface area contributed by atoms with Crippen LogP contribution in [-0.2, 0) is 10.0 Å². The number of hydrogen-bond donors (Lipinski definition) is 3. The first-order chi connectivity index (χ1) is 10.8. The summed E-state index contributed by atoms with van der Waals surface area (Å²) in [4.78, 5) is 12.0. The summed E-state index contributed by atoms with van der Waals surface area (Å²) >= 11 is 0. The molecule has 0 spiro atoms. The number of sulfonamides is 1. The number of rotatable bonds is 8. The van der Waals surface area contributed by atoms with Crippen molar-refractivity contribution in [1.29, 1.82) is 0 Å². The Kier molecular flexibility index (Phi) is 7.09. The number of carbonyl (C=O) groups is 1. The van der Waals surface area contributed by atoms with Gasteiger partial charge in [0, 0.05) is 11.7 Å². The van der Waals surface area contributed by atoms with Crippen LogP contribution in [0.15, 0.2) is 30.9 Å². The zero-order chi connectivity index (χ0) is 17.5. The lowest BCUT2D eigenvalue weighted by Crippen LogP contribution is -2.37. The fourth-order valence-electron chi connectivity index (χ4n) is 1.98. The van der Waals surface area contributed by atoms with Crippen LogP contribution < -0.4 is 15.4 Å². The molecule has 6 nitrogen and oxygen atoms in total. The Balaban J connectivity index is 2.74. The summed E-state index contributed by atoms with van der Waals surface area (Å²) in [6, 6.07) is 4.78. The Morgan fingerprint density at radius 1 is 1.35 bits per heavy atom. The molecule has 2 amide bonds. The van der Waals surface area contributed by atoms with E-state index in [0.717, 1.165) is 12.0 Å². The number of amides is 2. The van der Waals surface area contributed by atoms with Gasteiger partial charge in [-0.15, -0.1) is 6.58 Å². The smallest absolute Gasteiger partial charge is 0.319 e. The molecule has 0 radical (unpaired) electrons. The van der Waals surface area contributed by atoms with Crippen LogP contribution in [0, 0.1) is 6.92 Å². The predicted molar refractivity (Wildman–Crippen MR) is 95.3 cm³/mol. The highest BCUT2D eigenvalue weighted by atomic mass is 32.2. The van der Waals surface area contributed by atoms with E-state index in [0.29, 0.717) is 17.8 Å². The van der Waals surface area contributed by atoms with E-state index in [1.807, 2.05) is 6.92 Å². The zero-order valence-corrected chi connectivity index (χ0v) is 14.7. The summed E-state index contributed by atoms with van der Waals surface area (Å²) in [5.41, 5.74) is 1.85. The van der Waals surface area contributed by atoms with Gasteiger partial charge >= 0.3 is 6.03 Å². The van der Waals surface area contributed by atoms with E-state index >= 15 is 0 Å². The molecule has 1 rings (SSSR count). The van der Waals surface area contributed by atoms with Crippen molar-refractivity contribution >= 4 is 27.4 Å². The van der Waals surface area contributed by atoms with Gasteiger partial charge in [0.25, 0.3) is 0 Å². The number of benzene rings is 1. The molecule has 1 aromatic rings. The van der Waals surface area contributed by atoms with E-state index in [2.05, 4.69) is 21.9 Å². The zero-order valence-electron chi connectivity index (χ0n) is 13.8. The van der Waals surface area contributed by atoms with Crippen LogP contribution in [0.3, 0.4) is 0 Å². The quantitative estimate of drug-likeness (QED) is 0.635. The minimum atomic E-state index is -3.32. The third-order valence-electron chi connectivity index (χ3n) is 3.41. The topological polar surface area (TPSA) is 87.3 Å². The summed E-state index contributed by atoms with van der Waals surface area (Å²) in [5, 5.41) is 5.61. The van der Waals surface area contributed by atoms with Gasteiger partial charge in [-0.3, -0.25) is 4.72 Å². The van der Waals surface area contributed by atoms with Gasteiger partial charge in [0.15, 0.2) is 0 Å². The summed E-state index contributed by atoms with van der Waals surface area (Å²) in [7, 11) is -3.32. The highest BCUT2D eigenvalue weighted by Crippen LogP contribution is 2.20. The molecule has 0 bridgehead atoms.